The van der Waals surface area contributed by atoms with E-state index >= 15 is 0 Å². The number of nitrogens with zero attached hydrogens (tertiary/aromatic N) is 2. The molecule has 0 saturated heterocycles. The molecule has 0 saturated carbocycles. The van der Waals surface area contributed by atoms with Gasteiger partial charge in [-0.15, -0.1) is 12.4 Å². The zero-order valence-electron chi connectivity index (χ0n) is 10.9. The lowest BCUT2D eigenvalue weighted by molar-refractivity contribution is 0.415. The van der Waals surface area contributed by atoms with Gasteiger partial charge in [0.05, 0.1) is 12.8 Å². The number of hydrogen-bond acceptors (Lipinski definition) is 3. The molecule has 1 aliphatic rings. The van der Waals surface area contributed by atoms with Crippen LogP contribution < -0.4 is 10.5 Å². The normalized spacial score (nSPS) is 17.5. The van der Waals surface area contributed by atoms with Gasteiger partial charge in [-0.05, 0) is 30.7 Å². The molecule has 19 heavy (non-hydrogen) atoms. The molecule has 5 heteroatoms. The molecule has 1 unspecified atom stereocenters. The van der Waals surface area contributed by atoms with E-state index in [1.165, 1.54) is 0 Å². The van der Waals surface area contributed by atoms with E-state index in [4.69, 9.17) is 10.5 Å². The largest absolute Gasteiger partial charge is 0.497 e. The van der Waals surface area contributed by atoms with Crippen molar-refractivity contribution >= 4 is 12.4 Å². The molecule has 2 aromatic rings. The minimum absolute atomic E-state index is 0. The second-order valence-corrected chi connectivity index (χ2v) is 4.72. The van der Waals surface area contributed by atoms with Crippen LogP contribution in [0.3, 0.4) is 0 Å². The van der Waals surface area contributed by atoms with E-state index < -0.39 is 0 Å². The number of aromatic nitrogens is 2. The van der Waals surface area contributed by atoms with Gasteiger partial charge in [-0.2, -0.15) is 0 Å². The molecule has 1 aliphatic heterocycles. The Balaban J connectivity index is 0.00000133. The lowest BCUT2D eigenvalue weighted by atomic mass is 10.1. The van der Waals surface area contributed by atoms with Crippen molar-refractivity contribution in [3.63, 3.8) is 0 Å². The predicted molar refractivity (Wildman–Crippen MR) is 77.8 cm³/mol. The van der Waals surface area contributed by atoms with Gasteiger partial charge >= 0.3 is 0 Å². The lowest BCUT2D eigenvalue weighted by Crippen LogP contribution is -2.30. The van der Waals surface area contributed by atoms with Crippen LogP contribution in [0.25, 0.3) is 11.3 Å². The minimum atomic E-state index is 0. The van der Waals surface area contributed by atoms with Gasteiger partial charge in [0.2, 0.25) is 0 Å². The SMILES string of the molecule is COc1ccc(-c2cn3c(n2)CC(N)CC3)cc1.Cl. The number of ether oxygens (including phenoxy) is 1. The molecule has 4 nitrogen and oxygen atoms in total. The van der Waals surface area contributed by atoms with E-state index in [1.807, 2.05) is 24.3 Å². The van der Waals surface area contributed by atoms with Crippen molar-refractivity contribution in [1.29, 1.82) is 0 Å². The number of nitrogens with two attached hydrogens (primary N) is 1. The number of hydrogen-bond donors (Lipinski definition) is 1. The summed E-state index contributed by atoms with van der Waals surface area (Å²) in [4.78, 5) is 4.67. The number of fused-ring (bicyclic) bond motifs is 1. The first-order valence-electron chi connectivity index (χ1n) is 6.22. The highest BCUT2D eigenvalue weighted by atomic mass is 35.5. The molecular weight excluding hydrogens is 262 g/mol. The third-order valence-corrected chi connectivity index (χ3v) is 3.43. The number of imidazole rings is 1. The standard InChI is InChI=1S/C14H17N3O.ClH/c1-18-12-4-2-10(3-5-12)13-9-17-7-6-11(15)8-14(17)16-13;/h2-5,9,11H,6-8,15H2,1H3;1H. The van der Waals surface area contributed by atoms with Gasteiger partial charge in [-0.1, -0.05) is 0 Å². The summed E-state index contributed by atoms with van der Waals surface area (Å²) in [5.74, 6) is 1.96. The van der Waals surface area contributed by atoms with Crippen LogP contribution in [-0.2, 0) is 13.0 Å². The van der Waals surface area contributed by atoms with Crippen LogP contribution in [0, 0.1) is 0 Å². The molecule has 0 bridgehead atoms. The highest BCUT2D eigenvalue weighted by Crippen LogP contribution is 2.24. The molecule has 1 aromatic heterocycles. The Labute approximate surface area is 119 Å². The van der Waals surface area contributed by atoms with E-state index in [1.54, 1.807) is 7.11 Å². The second-order valence-electron chi connectivity index (χ2n) is 4.72. The van der Waals surface area contributed by atoms with Gasteiger partial charge in [0.1, 0.15) is 11.6 Å². The maximum absolute atomic E-state index is 5.97. The fraction of sp³-hybridized carbons (Fsp3) is 0.357. The van der Waals surface area contributed by atoms with Crippen molar-refractivity contribution in [2.75, 3.05) is 7.11 Å². The molecule has 1 aromatic carbocycles. The maximum Gasteiger partial charge on any atom is 0.118 e. The Bertz CT molecular complexity index is 550. The third-order valence-electron chi connectivity index (χ3n) is 3.43. The zero-order chi connectivity index (χ0) is 12.5. The van der Waals surface area contributed by atoms with Crippen LogP contribution in [0.1, 0.15) is 12.2 Å². The van der Waals surface area contributed by atoms with E-state index in [-0.39, 0.29) is 18.4 Å². The summed E-state index contributed by atoms with van der Waals surface area (Å²) in [6.45, 7) is 0.972. The van der Waals surface area contributed by atoms with Crippen LogP contribution >= 0.6 is 12.4 Å². The van der Waals surface area contributed by atoms with E-state index in [2.05, 4.69) is 15.7 Å². The summed E-state index contributed by atoms with van der Waals surface area (Å²) in [5, 5.41) is 0. The van der Waals surface area contributed by atoms with Gasteiger partial charge in [0.25, 0.3) is 0 Å². The number of aryl methyl sites for hydroxylation is 1. The fourth-order valence-corrected chi connectivity index (χ4v) is 2.35. The number of halogens is 1. The number of benzene rings is 1. The molecule has 102 valence electrons. The van der Waals surface area contributed by atoms with Crippen molar-refractivity contribution in [3.05, 3.63) is 36.3 Å². The second kappa shape index (κ2) is 5.63. The molecule has 3 rings (SSSR count). The Hall–Kier alpha value is -1.52. The maximum atomic E-state index is 5.97. The van der Waals surface area contributed by atoms with Crippen LogP contribution in [0.2, 0.25) is 0 Å². The third kappa shape index (κ3) is 2.74. The summed E-state index contributed by atoms with van der Waals surface area (Å²) in [7, 11) is 1.67. The van der Waals surface area contributed by atoms with Crippen LogP contribution in [0.4, 0.5) is 0 Å². The molecule has 0 radical (unpaired) electrons. The molecular formula is C14H18ClN3O. The summed E-state index contributed by atoms with van der Waals surface area (Å²) in [6.07, 6.45) is 4.02. The molecule has 0 spiro atoms. The highest BCUT2D eigenvalue weighted by Gasteiger charge is 2.18. The Morgan fingerprint density at radius 3 is 2.74 bits per heavy atom. The van der Waals surface area contributed by atoms with Crippen molar-refractivity contribution in [2.24, 2.45) is 5.73 Å². The number of rotatable bonds is 2. The van der Waals surface area contributed by atoms with Crippen molar-refractivity contribution < 1.29 is 4.74 Å². The molecule has 0 aliphatic carbocycles. The summed E-state index contributed by atoms with van der Waals surface area (Å²) >= 11 is 0. The molecule has 1 atom stereocenters. The fourth-order valence-electron chi connectivity index (χ4n) is 2.35. The zero-order valence-corrected chi connectivity index (χ0v) is 11.7. The minimum Gasteiger partial charge on any atom is -0.497 e. The van der Waals surface area contributed by atoms with Crippen LogP contribution in [0.5, 0.6) is 5.75 Å². The lowest BCUT2D eigenvalue weighted by Gasteiger charge is -2.18. The van der Waals surface area contributed by atoms with Gasteiger partial charge in [-0.25, -0.2) is 4.98 Å². The predicted octanol–water partition coefficient (Wildman–Crippen LogP) is 2.25. The highest BCUT2D eigenvalue weighted by molar-refractivity contribution is 5.85. The average Bonchev–Trinajstić information content (AvgIpc) is 2.81. The van der Waals surface area contributed by atoms with Crippen LogP contribution in [-0.4, -0.2) is 22.7 Å². The molecule has 2 heterocycles. The quantitative estimate of drug-likeness (QED) is 0.917. The van der Waals surface area contributed by atoms with Crippen LogP contribution in [0.15, 0.2) is 30.5 Å². The number of methoxy groups -OCH3 is 1. The van der Waals surface area contributed by atoms with Crippen molar-refractivity contribution in [1.82, 2.24) is 9.55 Å². The first-order valence-corrected chi connectivity index (χ1v) is 6.22. The Kier molecular flexibility index (Phi) is 4.12. The summed E-state index contributed by atoms with van der Waals surface area (Å²) < 4.78 is 7.37. The van der Waals surface area contributed by atoms with Gasteiger partial charge < -0.3 is 15.0 Å². The molecule has 0 amide bonds. The van der Waals surface area contributed by atoms with Gasteiger partial charge in [0, 0.05) is 30.8 Å². The Morgan fingerprint density at radius 2 is 2.05 bits per heavy atom. The average molecular weight is 280 g/mol. The van der Waals surface area contributed by atoms with Crippen molar-refractivity contribution in [2.45, 2.75) is 25.4 Å². The molecule has 2 N–H and O–H groups in total. The first kappa shape index (κ1) is 13.9. The summed E-state index contributed by atoms with van der Waals surface area (Å²) in [6, 6.07) is 8.24. The van der Waals surface area contributed by atoms with E-state index in [0.29, 0.717) is 0 Å². The first-order chi connectivity index (χ1) is 8.76. The van der Waals surface area contributed by atoms with Gasteiger partial charge in [-0.3, -0.25) is 0 Å². The topological polar surface area (TPSA) is 53.1 Å². The smallest absolute Gasteiger partial charge is 0.118 e. The van der Waals surface area contributed by atoms with Crippen molar-refractivity contribution in [3.8, 4) is 17.0 Å². The molecule has 0 fully saturated rings. The van der Waals surface area contributed by atoms with E-state index in [9.17, 15) is 0 Å². The summed E-state index contributed by atoms with van der Waals surface area (Å²) in [5.41, 5.74) is 8.10. The van der Waals surface area contributed by atoms with E-state index in [0.717, 1.165) is 42.2 Å². The monoisotopic (exact) mass is 279 g/mol. The van der Waals surface area contributed by atoms with Gasteiger partial charge in [0.15, 0.2) is 0 Å². The Morgan fingerprint density at radius 1 is 1.32 bits per heavy atom.